The van der Waals surface area contributed by atoms with Crippen molar-refractivity contribution in [3.63, 3.8) is 0 Å². The molecule has 29 heavy (non-hydrogen) atoms. The van der Waals surface area contributed by atoms with Gasteiger partial charge in [0, 0.05) is 11.6 Å². The van der Waals surface area contributed by atoms with Gasteiger partial charge in [-0.05, 0) is 67.5 Å². The average Bonchev–Trinajstić information content (AvgIpc) is 3.20. The van der Waals surface area contributed by atoms with Crippen LogP contribution in [0.4, 0.5) is 5.69 Å². The molecule has 6 nitrogen and oxygen atoms in total. The van der Waals surface area contributed by atoms with E-state index in [1.165, 1.54) is 5.56 Å². The largest absolute Gasteiger partial charge is 0.497 e. The lowest BCUT2D eigenvalue weighted by atomic mass is 10.1. The Morgan fingerprint density at radius 2 is 1.76 bits per heavy atom. The van der Waals surface area contributed by atoms with Crippen molar-refractivity contribution in [2.75, 3.05) is 19.5 Å². The molecule has 150 valence electrons. The number of ether oxygens (including phenoxy) is 2. The van der Waals surface area contributed by atoms with Crippen LogP contribution in [0.1, 0.15) is 21.7 Å². The maximum atomic E-state index is 12.5. The first-order valence-corrected chi connectivity index (χ1v) is 9.34. The molecule has 3 aromatic rings. The van der Waals surface area contributed by atoms with Gasteiger partial charge in [-0.3, -0.25) is 10.1 Å². The Labute approximate surface area is 174 Å². The van der Waals surface area contributed by atoms with Gasteiger partial charge in [-0.15, -0.1) is 0 Å². The van der Waals surface area contributed by atoms with E-state index in [0.717, 1.165) is 11.1 Å². The van der Waals surface area contributed by atoms with Crippen molar-refractivity contribution < 1.29 is 18.7 Å². The normalized spacial score (nSPS) is 10.3. The van der Waals surface area contributed by atoms with E-state index in [2.05, 4.69) is 10.6 Å². The van der Waals surface area contributed by atoms with Gasteiger partial charge in [0.1, 0.15) is 17.3 Å². The molecule has 0 spiro atoms. The van der Waals surface area contributed by atoms with Crippen LogP contribution in [0.25, 0.3) is 11.3 Å². The molecule has 0 aliphatic carbocycles. The number of anilines is 1. The van der Waals surface area contributed by atoms with Crippen molar-refractivity contribution >= 4 is 28.9 Å². The molecule has 0 saturated heterocycles. The predicted molar refractivity (Wildman–Crippen MR) is 117 cm³/mol. The van der Waals surface area contributed by atoms with Crippen LogP contribution in [0.5, 0.6) is 11.5 Å². The summed E-state index contributed by atoms with van der Waals surface area (Å²) in [6.45, 7) is 4.08. The first-order valence-electron chi connectivity index (χ1n) is 8.93. The number of hydrogen-bond donors (Lipinski definition) is 2. The first-order chi connectivity index (χ1) is 13.9. The number of rotatable bonds is 5. The molecule has 3 rings (SSSR count). The first kappa shape index (κ1) is 20.4. The van der Waals surface area contributed by atoms with Crippen molar-refractivity contribution in [2.24, 2.45) is 0 Å². The minimum Gasteiger partial charge on any atom is -0.497 e. The van der Waals surface area contributed by atoms with E-state index in [9.17, 15) is 4.79 Å². The molecule has 0 radical (unpaired) electrons. The highest BCUT2D eigenvalue weighted by Crippen LogP contribution is 2.29. The monoisotopic (exact) mass is 410 g/mol. The zero-order valence-corrected chi connectivity index (χ0v) is 17.5. The number of thiocarbonyl (C=S) groups is 1. The summed E-state index contributed by atoms with van der Waals surface area (Å²) in [6, 6.07) is 14.6. The smallest absolute Gasteiger partial charge is 0.293 e. The lowest BCUT2D eigenvalue weighted by molar-refractivity contribution is 0.0951. The van der Waals surface area contributed by atoms with E-state index in [4.69, 9.17) is 26.1 Å². The predicted octanol–water partition coefficient (Wildman–Crippen LogP) is 4.71. The van der Waals surface area contributed by atoms with Gasteiger partial charge in [0.25, 0.3) is 5.91 Å². The maximum Gasteiger partial charge on any atom is 0.293 e. The molecule has 2 N–H and O–H groups in total. The maximum absolute atomic E-state index is 12.5. The summed E-state index contributed by atoms with van der Waals surface area (Å²) in [5.74, 6) is 1.54. The fraction of sp³-hybridized carbons (Fsp3) is 0.182. The minimum absolute atomic E-state index is 0.127. The van der Waals surface area contributed by atoms with Crippen LogP contribution < -0.4 is 20.1 Å². The number of carbonyl (C=O) groups excluding carboxylic acids is 1. The Morgan fingerprint density at radius 3 is 2.45 bits per heavy atom. The molecule has 0 unspecified atom stereocenters. The molecule has 0 atom stereocenters. The van der Waals surface area contributed by atoms with Gasteiger partial charge in [0.05, 0.1) is 19.9 Å². The van der Waals surface area contributed by atoms with Crippen molar-refractivity contribution in [1.29, 1.82) is 0 Å². The number of nitrogens with one attached hydrogen (secondary N) is 2. The molecule has 2 aromatic carbocycles. The highest BCUT2D eigenvalue weighted by atomic mass is 32.1. The average molecular weight is 410 g/mol. The number of methoxy groups -OCH3 is 2. The quantitative estimate of drug-likeness (QED) is 0.594. The molecule has 0 aliphatic heterocycles. The van der Waals surface area contributed by atoms with Gasteiger partial charge in [-0.1, -0.05) is 12.1 Å². The number of amides is 1. The van der Waals surface area contributed by atoms with Crippen molar-refractivity contribution in [3.05, 3.63) is 65.4 Å². The highest BCUT2D eigenvalue weighted by Gasteiger charge is 2.15. The van der Waals surface area contributed by atoms with Crippen molar-refractivity contribution in [2.45, 2.75) is 13.8 Å². The summed E-state index contributed by atoms with van der Waals surface area (Å²) in [5, 5.41) is 5.68. The van der Waals surface area contributed by atoms with E-state index < -0.39 is 5.91 Å². The zero-order valence-electron chi connectivity index (χ0n) is 16.7. The van der Waals surface area contributed by atoms with Gasteiger partial charge in [0.2, 0.25) is 0 Å². The number of hydrogen-bond acceptors (Lipinski definition) is 5. The molecule has 1 amide bonds. The zero-order chi connectivity index (χ0) is 21.0. The van der Waals surface area contributed by atoms with Gasteiger partial charge in [-0.25, -0.2) is 0 Å². The lowest BCUT2D eigenvalue weighted by Crippen LogP contribution is -2.34. The van der Waals surface area contributed by atoms with Crippen molar-refractivity contribution in [1.82, 2.24) is 5.32 Å². The second-order valence-electron chi connectivity index (χ2n) is 6.44. The van der Waals surface area contributed by atoms with Crippen LogP contribution in [-0.4, -0.2) is 25.2 Å². The lowest BCUT2D eigenvalue weighted by Gasteiger charge is -2.13. The fourth-order valence-electron chi connectivity index (χ4n) is 2.73. The third-order valence-electron chi connectivity index (χ3n) is 4.51. The number of carbonyl (C=O) groups is 1. The van der Waals surface area contributed by atoms with Gasteiger partial charge < -0.3 is 19.2 Å². The van der Waals surface area contributed by atoms with Crippen LogP contribution >= 0.6 is 12.2 Å². The Kier molecular flexibility index (Phi) is 6.19. The van der Waals surface area contributed by atoms with E-state index in [1.807, 2.05) is 32.0 Å². The number of furan rings is 1. The third kappa shape index (κ3) is 4.75. The highest BCUT2D eigenvalue weighted by molar-refractivity contribution is 7.80. The molecule has 0 saturated carbocycles. The molecule has 0 fully saturated rings. The molecule has 0 aliphatic rings. The van der Waals surface area contributed by atoms with Crippen molar-refractivity contribution in [3.8, 4) is 22.8 Å². The molecular formula is C22H22N2O4S. The molecule has 1 aromatic heterocycles. The summed E-state index contributed by atoms with van der Waals surface area (Å²) in [7, 11) is 3.11. The fourth-order valence-corrected chi connectivity index (χ4v) is 2.93. The van der Waals surface area contributed by atoms with Crippen LogP contribution in [0.3, 0.4) is 0 Å². The van der Waals surface area contributed by atoms with Crippen LogP contribution in [0.15, 0.2) is 52.9 Å². The summed E-state index contributed by atoms with van der Waals surface area (Å²) < 4.78 is 16.2. The minimum atomic E-state index is -0.440. The van der Waals surface area contributed by atoms with Crippen LogP contribution in [0.2, 0.25) is 0 Å². The van der Waals surface area contributed by atoms with E-state index in [0.29, 0.717) is 22.9 Å². The second kappa shape index (κ2) is 8.79. The van der Waals surface area contributed by atoms with Crippen LogP contribution in [-0.2, 0) is 0 Å². The van der Waals surface area contributed by atoms with E-state index in [-0.39, 0.29) is 10.9 Å². The summed E-state index contributed by atoms with van der Waals surface area (Å²) in [6.07, 6.45) is 0. The Morgan fingerprint density at radius 1 is 0.966 bits per heavy atom. The number of aryl methyl sites for hydroxylation is 2. The van der Waals surface area contributed by atoms with E-state index >= 15 is 0 Å². The Hall–Kier alpha value is -3.32. The summed E-state index contributed by atoms with van der Waals surface area (Å²) in [5.41, 5.74) is 3.87. The Balaban J connectivity index is 1.68. The van der Waals surface area contributed by atoms with Crippen LogP contribution in [0, 0.1) is 13.8 Å². The summed E-state index contributed by atoms with van der Waals surface area (Å²) >= 11 is 5.24. The molecular weight excluding hydrogens is 388 g/mol. The van der Waals surface area contributed by atoms with Gasteiger partial charge in [0.15, 0.2) is 10.9 Å². The molecule has 1 heterocycles. The van der Waals surface area contributed by atoms with Gasteiger partial charge in [-0.2, -0.15) is 0 Å². The van der Waals surface area contributed by atoms with Gasteiger partial charge >= 0.3 is 0 Å². The number of benzene rings is 2. The Bertz CT molecular complexity index is 1060. The topological polar surface area (TPSA) is 72.7 Å². The molecule has 7 heteroatoms. The third-order valence-corrected chi connectivity index (χ3v) is 4.71. The van der Waals surface area contributed by atoms with E-state index in [1.54, 1.807) is 44.6 Å². The SMILES string of the molecule is COc1ccc(NC(=S)NC(=O)c2ccc(-c3ccc(C)c(C)c3)o2)c(OC)c1. The second-order valence-corrected chi connectivity index (χ2v) is 6.85. The summed E-state index contributed by atoms with van der Waals surface area (Å²) in [4.78, 5) is 12.5. The standard InChI is InChI=1S/C22H22N2O4S/c1-13-5-6-15(11-14(13)2)18-9-10-19(28-18)21(25)24-22(29)23-17-8-7-16(26-3)12-20(17)27-4/h5-12H,1-4H3,(H2,23,24,25,29). The molecule has 0 bridgehead atoms.